The van der Waals surface area contributed by atoms with E-state index >= 15 is 0 Å². The van der Waals surface area contributed by atoms with Crippen LogP contribution in [0, 0.1) is 5.82 Å². The van der Waals surface area contributed by atoms with Crippen molar-refractivity contribution in [3.05, 3.63) is 30.1 Å². The molecule has 1 aliphatic rings. The Balaban J connectivity index is 2.13. The van der Waals surface area contributed by atoms with Crippen molar-refractivity contribution in [2.45, 2.75) is 13.8 Å². The van der Waals surface area contributed by atoms with Gasteiger partial charge in [0.05, 0.1) is 11.4 Å². The van der Waals surface area contributed by atoms with E-state index in [9.17, 15) is 4.39 Å². The molecule has 0 amide bonds. The van der Waals surface area contributed by atoms with Gasteiger partial charge in [-0.05, 0) is 32.0 Å². The highest BCUT2D eigenvalue weighted by molar-refractivity contribution is 6.69. The highest BCUT2D eigenvalue weighted by atomic mass is 19.1. The molecule has 1 aromatic rings. The van der Waals surface area contributed by atoms with Gasteiger partial charge in [0.25, 0.3) is 0 Å². The van der Waals surface area contributed by atoms with Gasteiger partial charge in [0.2, 0.25) is 0 Å². The first-order valence-electron chi connectivity index (χ1n) is 5.67. The first-order chi connectivity index (χ1) is 8.70. The maximum atomic E-state index is 13.0. The minimum absolute atomic E-state index is 0.308. The lowest BCUT2D eigenvalue weighted by molar-refractivity contribution is 0.628. The Morgan fingerprint density at radius 3 is 2.89 bits per heavy atom. The molecule has 0 radical (unpaired) electrons. The number of nitrogens with one attached hydrogen (secondary N) is 2. The second kappa shape index (κ2) is 5.39. The monoisotopic (exact) mass is 247 g/mol. The van der Waals surface area contributed by atoms with E-state index in [0.717, 1.165) is 12.3 Å². The molecular formula is C12H14FN5. The molecule has 1 aromatic carbocycles. The van der Waals surface area contributed by atoms with Gasteiger partial charge in [0, 0.05) is 6.54 Å². The van der Waals surface area contributed by atoms with Crippen LogP contribution in [0.3, 0.4) is 0 Å². The molecule has 0 spiro atoms. The normalized spacial score (nSPS) is 16.5. The largest absolute Gasteiger partial charge is 0.367 e. The molecule has 0 fully saturated rings. The Morgan fingerprint density at radius 2 is 2.17 bits per heavy atom. The van der Waals surface area contributed by atoms with Crippen molar-refractivity contribution < 1.29 is 4.39 Å². The van der Waals surface area contributed by atoms with Gasteiger partial charge >= 0.3 is 0 Å². The molecule has 0 aromatic heterocycles. The summed E-state index contributed by atoms with van der Waals surface area (Å²) in [6.45, 7) is 4.52. The summed E-state index contributed by atoms with van der Waals surface area (Å²) in [6, 6.07) is 6.10. The highest BCUT2D eigenvalue weighted by Crippen LogP contribution is 2.09. The third-order valence-electron chi connectivity index (χ3n) is 2.33. The van der Waals surface area contributed by atoms with Crippen molar-refractivity contribution in [3.8, 4) is 0 Å². The number of hydrogen-bond acceptors (Lipinski definition) is 5. The van der Waals surface area contributed by atoms with Crippen LogP contribution in [0.2, 0.25) is 0 Å². The predicted molar refractivity (Wildman–Crippen MR) is 71.7 cm³/mol. The fourth-order valence-electron chi connectivity index (χ4n) is 1.49. The summed E-state index contributed by atoms with van der Waals surface area (Å²) in [4.78, 5) is 0. The molecule has 6 heteroatoms. The standard InChI is InChI=1S/C12H14FN5/c1-3-14-12-11(8(2)15-18-12)17-16-10-6-4-5-9(13)7-10/h4-7,16H,3H2,1-2H3,(H,14,17,18). The third-order valence-corrected chi connectivity index (χ3v) is 2.33. The number of hydrogen-bond donors (Lipinski definition) is 2. The Kier molecular flexibility index (Phi) is 3.66. The first-order valence-corrected chi connectivity index (χ1v) is 5.67. The second-order valence-electron chi connectivity index (χ2n) is 3.75. The molecule has 94 valence electrons. The zero-order chi connectivity index (χ0) is 13.0. The van der Waals surface area contributed by atoms with Crippen molar-refractivity contribution in [3.63, 3.8) is 0 Å². The van der Waals surface area contributed by atoms with E-state index in [1.165, 1.54) is 12.1 Å². The molecule has 0 saturated heterocycles. The van der Waals surface area contributed by atoms with Crippen LogP contribution in [0.4, 0.5) is 10.1 Å². The van der Waals surface area contributed by atoms with Crippen LogP contribution in [0.15, 0.2) is 39.6 Å². The lowest BCUT2D eigenvalue weighted by Gasteiger charge is -2.05. The highest BCUT2D eigenvalue weighted by Gasteiger charge is 2.17. The molecule has 0 saturated carbocycles. The summed E-state index contributed by atoms with van der Waals surface area (Å²) in [5.41, 5.74) is 4.73. The average molecular weight is 247 g/mol. The van der Waals surface area contributed by atoms with Crippen LogP contribution in [-0.2, 0) is 0 Å². The number of amidine groups is 1. The Labute approximate surface area is 105 Å². The van der Waals surface area contributed by atoms with Crippen molar-refractivity contribution in [1.82, 2.24) is 5.32 Å². The number of nitrogens with zero attached hydrogens (tertiary/aromatic N) is 3. The van der Waals surface area contributed by atoms with Crippen molar-refractivity contribution >= 4 is 22.9 Å². The van der Waals surface area contributed by atoms with Crippen molar-refractivity contribution in [2.24, 2.45) is 15.3 Å². The summed E-state index contributed by atoms with van der Waals surface area (Å²) in [7, 11) is 0. The molecule has 0 bridgehead atoms. The molecule has 18 heavy (non-hydrogen) atoms. The minimum atomic E-state index is -0.308. The van der Waals surface area contributed by atoms with E-state index in [-0.39, 0.29) is 5.82 Å². The van der Waals surface area contributed by atoms with Crippen LogP contribution in [0.1, 0.15) is 13.8 Å². The van der Waals surface area contributed by atoms with E-state index in [4.69, 9.17) is 0 Å². The van der Waals surface area contributed by atoms with E-state index in [1.807, 2.05) is 13.8 Å². The van der Waals surface area contributed by atoms with Gasteiger partial charge in [-0.15, -0.1) is 5.10 Å². The topological polar surface area (TPSA) is 61.1 Å². The molecule has 0 aliphatic carbocycles. The lowest BCUT2D eigenvalue weighted by atomic mass is 10.2. The number of anilines is 1. The smallest absolute Gasteiger partial charge is 0.178 e. The summed E-state index contributed by atoms with van der Waals surface area (Å²) in [5.74, 6) is 0.316. The SMILES string of the molecule is CCNC1=NN=C(C)/C1=N\Nc1cccc(F)c1. The van der Waals surface area contributed by atoms with Crippen LogP contribution in [0.5, 0.6) is 0 Å². The van der Waals surface area contributed by atoms with Crippen molar-refractivity contribution in [2.75, 3.05) is 12.0 Å². The molecule has 0 unspecified atom stereocenters. The quantitative estimate of drug-likeness (QED) is 0.802. The molecule has 2 N–H and O–H groups in total. The van der Waals surface area contributed by atoms with Gasteiger partial charge in [0.15, 0.2) is 11.5 Å². The van der Waals surface area contributed by atoms with E-state index < -0.39 is 0 Å². The predicted octanol–water partition coefficient (Wildman–Crippen LogP) is 1.99. The molecular weight excluding hydrogens is 233 g/mol. The maximum Gasteiger partial charge on any atom is 0.178 e. The van der Waals surface area contributed by atoms with E-state index in [1.54, 1.807) is 12.1 Å². The summed E-state index contributed by atoms with van der Waals surface area (Å²) < 4.78 is 13.0. The molecule has 1 aliphatic heterocycles. The van der Waals surface area contributed by atoms with Crippen LogP contribution in [-0.4, -0.2) is 23.8 Å². The summed E-state index contributed by atoms with van der Waals surface area (Å²) in [5, 5.41) is 15.2. The fraction of sp³-hybridized carbons (Fsp3) is 0.250. The van der Waals surface area contributed by atoms with Crippen LogP contribution < -0.4 is 10.7 Å². The van der Waals surface area contributed by atoms with Gasteiger partial charge in [-0.2, -0.15) is 10.2 Å². The number of halogens is 1. The third kappa shape index (κ3) is 2.71. The summed E-state index contributed by atoms with van der Waals surface area (Å²) >= 11 is 0. The van der Waals surface area contributed by atoms with Crippen LogP contribution >= 0.6 is 0 Å². The maximum absolute atomic E-state index is 13.0. The van der Waals surface area contributed by atoms with E-state index in [0.29, 0.717) is 17.2 Å². The molecule has 2 rings (SSSR count). The average Bonchev–Trinajstić information content (AvgIpc) is 2.69. The van der Waals surface area contributed by atoms with Gasteiger partial charge < -0.3 is 5.32 Å². The zero-order valence-electron chi connectivity index (χ0n) is 10.2. The van der Waals surface area contributed by atoms with Gasteiger partial charge in [-0.25, -0.2) is 4.39 Å². The summed E-state index contributed by atoms with van der Waals surface area (Å²) in [6.07, 6.45) is 0. The van der Waals surface area contributed by atoms with Crippen molar-refractivity contribution in [1.29, 1.82) is 0 Å². The Hall–Kier alpha value is -2.24. The Bertz CT molecular complexity index is 533. The number of rotatable bonds is 3. The number of hydrazone groups is 1. The fourth-order valence-corrected chi connectivity index (χ4v) is 1.49. The van der Waals surface area contributed by atoms with Gasteiger partial charge in [-0.3, -0.25) is 5.43 Å². The lowest BCUT2D eigenvalue weighted by Crippen LogP contribution is -2.32. The number of benzene rings is 1. The Morgan fingerprint density at radius 1 is 1.33 bits per heavy atom. The van der Waals surface area contributed by atoms with E-state index in [2.05, 4.69) is 26.0 Å². The first kappa shape index (κ1) is 12.2. The van der Waals surface area contributed by atoms with Gasteiger partial charge in [0.1, 0.15) is 5.82 Å². The molecule has 0 atom stereocenters. The molecule has 1 heterocycles. The zero-order valence-corrected chi connectivity index (χ0v) is 10.2. The van der Waals surface area contributed by atoms with Gasteiger partial charge in [-0.1, -0.05) is 6.07 Å². The second-order valence-corrected chi connectivity index (χ2v) is 3.75. The minimum Gasteiger partial charge on any atom is -0.367 e. The van der Waals surface area contributed by atoms with Crippen LogP contribution in [0.25, 0.3) is 0 Å². The molecule has 5 nitrogen and oxygen atoms in total.